The van der Waals surface area contributed by atoms with Crippen LogP contribution in [0.15, 0.2) is 29.2 Å². The molecule has 2 rings (SSSR count). The van der Waals surface area contributed by atoms with Gasteiger partial charge in [0.25, 0.3) is 0 Å². The zero-order valence-electron chi connectivity index (χ0n) is 14.2. The van der Waals surface area contributed by atoms with Crippen LogP contribution in [0.3, 0.4) is 0 Å². The summed E-state index contributed by atoms with van der Waals surface area (Å²) in [5.41, 5.74) is 0.963. The van der Waals surface area contributed by atoms with E-state index in [0.29, 0.717) is 13.0 Å². The highest BCUT2D eigenvalue weighted by molar-refractivity contribution is 7.89. The highest BCUT2D eigenvalue weighted by Crippen LogP contribution is 2.13. The quantitative estimate of drug-likeness (QED) is 0.805. The molecular formula is C17H27N3O3S. The number of nitrogens with one attached hydrogen (secondary N) is 1. The topological polar surface area (TPSA) is 92.5 Å². The molecule has 3 N–H and O–H groups in total. The monoisotopic (exact) mass is 353 g/mol. The van der Waals surface area contributed by atoms with Crippen molar-refractivity contribution < 1.29 is 13.2 Å². The number of likely N-dealkylation sites (tertiary alicyclic amines) is 1. The van der Waals surface area contributed by atoms with Crippen molar-refractivity contribution in [2.45, 2.75) is 50.0 Å². The summed E-state index contributed by atoms with van der Waals surface area (Å²) in [4.78, 5) is 14.6. The van der Waals surface area contributed by atoms with Gasteiger partial charge in [-0.25, -0.2) is 13.6 Å². The Morgan fingerprint density at radius 3 is 2.29 bits per heavy atom. The molecule has 0 spiro atoms. The molecule has 0 bridgehead atoms. The van der Waals surface area contributed by atoms with Crippen LogP contribution in [0.25, 0.3) is 0 Å². The fourth-order valence-electron chi connectivity index (χ4n) is 2.97. The molecule has 0 aliphatic carbocycles. The van der Waals surface area contributed by atoms with E-state index in [-0.39, 0.29) is 16.8 Å². The van der Waals surface area contributed by atoms with Gasteiger partial charge in [0.1, 0.15) is 0 Å². The molecule has 1 saturated heterocycles. The van der Waals surface area contributed by atoms with E-state index >= 15 is 0 Å². The third-order valence-electron chi connectivity index (χ3n) is 4.53. The van der Waals surface area contributed by atoms with E-state index in [9.17, 15) is 13.2 Å². The number of benzene rings is 1. The van der Waals surface area contributed by atoms with Crippen LogP contribution in [-0.4, -0.2) is 44.9 Å². The lowest BCUT2D eigenvalue weighted by molar-refractivity contribution is -0.125. The molecule has 1 aromatic carbocycles. The zero-order chi connectivity index (χ0) is 17.6. The van der Waals surface area contributed by atoms with Gasteiger partial charge in [-0.1, -0.05) is 25.0 Å². The SMILES string of the molecule is CC(C(=O)NCCc1ccc(S(N)(=O)=O)cc1)N1CCCCCC1. The molecule has 1 aliphatic heterocycles. The van der Waals surface area contributed by atoms with Crippen molar-refractivity contribution in [1.82, 2.24) is 10.2 Å². The summed E-state index contributed by atoms with van der Waals surface area (Å²) in [5, 5.41) is 8.04. The Morgan fingerprint density at radius 2 is 1.75 bits per heavy atom. The Kier molecular flexibility index (Phi) is 6.77. The summed E-state index contributed by atoms with van der Waals surface area (Å²) < 4.78 is 22.4. The fourth-order valence-corrected chi connectivity index (χ4v) is 3.49. The van der Waals surface area contributed by atoms with Gasteiger partial charge in [0.15, 0.2) is 0 Å². The van der Waals surface area contributed by atoms with Gasteiger partial charge in [-0.15, -0.1) is 0 Å². The number of hydrogen-bond donors (Lipinski definition) is 2. The maximum atomic E-state index is 12.3. The van der Waals surface area contributed by atoms with Crippen molar-refractivity contribution in [3.63, 3.8) is 0 Å². The number of carbonyl (C=O) groups is 1. The molecule has 7 heteroatoms. The van der Waals surface area contributed by atoms with Crippen LogP contribution in [0.2, 0.25) is 0 Å². The van der Waals surface area contributed by atoms with E-state index in [1.165, 1.54) is 25.0 Å². The Bertz CT molecular complexity index is 636. The highest BCUT2D eigenvalue weighted by atomic mass is 32.2. The van der Waals surface area contributed by atoms with Crippen LogP contribution in [0.1, 0.15) is 38.2 Å². The Morgan fingerprint density at radius 1 is 1.17 bits per heavy atom. The molecule has 1 heterocycles. The van der Waals surface area contributed by atoms with E-state index in [4.69, 9.17) is 5.14 Å². The summed E-state index contributed by atoms with van der Waals surface area (Å²) >= 11 is 0. The van der Waals surface area contributed by atoms with E-state index in [2.05, 4.69) is 10.2 Å². The van der Waals surface area contributed by atoms with Gasteiger partial charge in [0.05, 0.1) is 10.9 Å². The van der Waals surface area contributed by atoms with E-state index in [1.807, 2.05) is 6.92 Å². The van der Waals surface area contributed by atoms with E-state index < -0.39 is 10.0 Å². The molecule has 134 valence electrons. The van der Waals surface area contributed by atoms with Crippen molar-refractivity contribution in [2.24, 2.45) is 5.14 Å². The minimum absolute atomic E-state index is 0.0538. The van der Waals surface area contributed by atoms with Gasteiger partial charge in [0.2, 0.25) is 15.9 Å². The number of nitrogens with two attached hydrogens (primary N) is 1. The zero-order valence-corrected chi connectivity index (χ0v) is 15.0. The molecule has 1 fully saturated rings. The predicted octanol–water partition coefficient (Wildman–Crippen LogP) is 1.26. The first-order valence-corrected chi connectivity index (χ1v) is 10.1. The lowest BCUT2D eigenvalue weighted by atomic mass is 10.1. The third kappa shape index (κ3) is 5.58. The molecule has 1 atom stereocenters. The van der Waals surface area contributed by atoms with Crippen LogP contribution >= 0.6 is 0 Å². The van der Waals surface area contributed by atoms with Gasteiger partial charge in [-0.05, 0) is 57.0 Å². The van der Waals surface area contributed by atoms with Gasteiger partial charge in [0, 0.05) is 6.54 Å². The third-order valence-corrected chi connectivity index (χ3v) is 5.46. The molecular weight excluding hydrogens is 326 g/mol. The maximum absolute atomic E-state index is 12.3. The average molecular weight is 353 g/mol. The molecule has 1 unspecified atom stereocenters. The largest absolute Gasteiger partial charge is 0.354 e. The van der Waals surface area contributed by atoms with Gasteiger partial charge in [-0.3, -0.25) is 9.69 Å². The minimum Gasteiger partial charge on any atom is -0.354 e. The molecule has 1 aliphatic rings. The van der Waals surface area contributed by atoms with Gasteiger partial charge < -0.3 is 5.32 Å². The number of carbonyl (C=O) groups excluding carboxylic acids is 1. The first kappa shape index (κ1) is 18.9. The van der Waals surface area contributed by atoms with Crippen LogP contribution in [0.4, 0.5) is 0 Å². The second-order valence-corrected chi connectivity index (χ2v) is 7.92. The predicted molar refractivity (Wildman–Crippen MR) is 94.0 cm³/mol. The molecule has 1 aromatic rings. The number of nitrogens with zero attached hydrogens (tertiary/aromatic N) is 1. The fraction of sp³-hybridized carbons (Fsp3) is 0.588. The van der Waals surface area contributed by atoms with Crippen LogP contribution in [0, 0.1) is 0 Å². The van der Waals surface area contributed by atoms with E-state index in [1.54, 1.807) is 12.1 Å². The van der Waals surface area contributed by atoms with Crippen molar-refractivity contribution in [2.75, 3.05) is 19.6 Å². The minimum atomic E-state index is -3.66. The Hall–Kier alpha value is -1.44. The second kappa shape index (κ2) is 8.60. The van der Waals surface area contributed by atoms with Crippen molar-refractivity contribution in [1.29, 1.82) is 0 Å². The van der Waals surface area contributed by atoms with Crippen LogP contribution in [0.5, 0.6) is 0 Å². The second-order valence-electron chi connectivity index (χ2n) is 6.36. The lowest BCUT2D eigenvalue weighted by Crippen LogP contribution is -2.46. The van der Waals surface area contributed by atoms with Crippen molar-refractivity contribution >= 4 is 15.9 Å². The average Bonchev–Trinajstić information content (AvgIpc) is 2.83. The maximum Gasteiger partial charge on any atom is 0.238 e. The van der Waals surface area contributed by atoms with Crippen molar-refractivity contribution in [3.8, 4) is 0 Å². The summed E-state index contributed by atoms with van der Waals surface area (Å²) in [6, 6.07) is 6.33. The van der Waals surface area contributed by atoms with E-state index in [0.717, 1.165) is 31.5 Å². The molecule has 6 nitrogen and oxygen atoms in total. The normalized spacial score (nSPS) is 17.9. The number of amides is 1. The summed E-state index contributed by atoms with van der Waals surface area (Å²) in [6.07, 6.45) is 5.48. The lowest BCUT2D eigenvalue weighted by Gasteiger charge is -2.26. The Balaban J connectivity index is 1.79. The summed E-state index contributed by atoms with van der Waals surface area (Å²) in [5.74, 6) is 0.0538. The standard InChI is InChI=1S/C17H27N3O3S/c1-14(20-12-4-2-3-5-13-20)17(21)19-11-10-15-6-8-16(9-7-15)24(18,22)23/h6-9,14H,2-5,10-13H2,1H3,(H,19,21)(H2,18,22,23). The molecule has 0 saturated carbocycles. The van der Waals surface area contributed by atoms with Crippen molar-refractivity contribution in [3.05, 3.63) is 29.8 Å². The first-order valence-electron chi connectivity index (χ1n) is 8.51. The number of rotatable bonds is 6. The Labute approximate surface area is 144 Å². The van der Waals surface area contributed by atoms with Crippen LogP contribution < -0.4 is 10.5 Å². The number of sulfonamides is 1. The number of hydrogen-bond acceptors (Lipinski definition) is 4. The summed E-state index contributed by atoms with van der Waals surface area (Å²) in [7, 11) is -3.66. The summed E-state index contributed by atoms with van der Waals surface area (Å²) in [6.45, 7) is 4.47. The smallest absolute Gasteiger partial charge is 0.238 e. The highest BCUT2D eigenvalue weighted by Gasteiger charge is 2.21. The first-order chi connectivity index (χ1) is 11.4. The van der Waals surface area contributed by atoms with Crippen LogP contribution in [-0.2, 0) is 21.2 Å². The molecule has 1 amide bonds. The molecule has 0 radical (unpaired) electrons. The molecule has 0 aromatic heterocycles. The number of primary sulfonamides is 1. The molecule has 24 heavy (non-hydrogen) atoms. The van der Waals surface area contributed by atoms with Gasteiger partial charge in [-0.2, -0.15) is 0 Å². The van der Waals surface area contributed by atoms with Gasteiger partial charge >= 0.3 is 0 Å².